The topological polar surface area (TPSA) is 0 Å². The maximum Gasteiger partial charge on any atom is 0.0194 e. The molecule has 0 fully saturated rings. The van der Waals surface area contributed by atoms with Gasteiger partial charge in [-0.2, -0.15) is 0 Å². The third-order valence-electron chi connectivity index (χ3n) is 0. The lowest BCUT2D eigenvalue weighted by Gasteiger charge is -1.07. The molecule has 0 saturated carbocycles. The maximum atomic E-state index is 5.75. The Labute approximate surface area is 72.5 Å². The molecular weight excluding hydrogens is 108 g/mol. The van der Waals surface area contributed by atoms with Gasteiger partial charge in [-0.05, 0) is 0 Å². The zero-order chi connectivity index (χ0) is 6.00. The van der Waals surface area contributed by atoms with Gasteiger partial charge in [0.05, 0.1) is 0 Å². The molecule has 0 amide bonds. The minimum Gasteiger partial charge on any atom is -0.0776 e. The van der Waals surface area contributed by atoms with Crippen molar-refractivity contribution in [1.82, 2.24) is 0 Å². The van der Waals surface area contributed by atoms with E-state index in [-0.39, 0.29) is 40.0 Å². The predicted molar refractivity (Wildman–Crippen MR) is 62.7 cm³/mol. The van der Waals surface area contributed by atoms with Gasteiger partial charge in [0.2, 0.25) is 0 Å². The Bertz CT molecular complexity index is 11.6. The SMILES string of the molecule is C.C.C.C.C.CC.[2HH].[2HH].[2H]C.[2H]C. The van der Waals surface area contributed by atoms with E-state index in [1.807, 2.05) is 13.8 Å². The van der Waals surface area contributed by atoms with Crippen molar-refractivity contribution in [3.8, 4) is 0 Å². The van der Waals surface area contributed by atoms with Crippen LogP contribution in [0.4, 0.5) is 0 Å². The molecule has 0 nitrogen and oxygen atoms in total. The molecule has 9 heavy (non-hydrogen) atoms. The highest BCUT2D eigenvalue weighted by Gasteiger charge is 0.932. The second-order valence-corrected chi connectivity index (χ2v) is 0. The highest BCUT2D eigenvalue weighted by atomic mass is 13.0. The lowest BCUT2D eigenvalue weighted by Crippen LogP contribution is -0.856. The van der Waals surface area contributed by atoms with E-state index in [2.05, 4.69) is 0 Å². The van der Waals surface area contributed by atoms with Crippen molar-refractivity contribution < 1.29 is 5.59 Å². The molecule has 0 N–H and O–H groups in total. The van der Waals surface area contributed by atoms with Crippen molar-refractivity contribution in [2.45, 2.75) is 65.8 Å². The summed E-state index contributed by atoms with van der Waals surface area (Å²) in [6.45, 7) is 4.00. The Kier molecular flexibility index (Phi) is 0. The Morgan fingerprint density at radius 1 is 0.667 bits per heavy atom. The Morgan fingerprint density at radius 2 is 0.667 bits per heavy atom. The molecule has 0 radical (unpaired) electrons. The highest BCUT2D eigenvalue weighted by molar-refractivity contribution is 3.50. The van der Waals surface area contributed by atoms with E-state index in [9.17, 15) is 0 Å². The van der Waals surface area contributed by atoms with Gasteiger partial charge in [0.1, 0.15) is 0 Å². The van der Waals surface area contributed by atoms with Gasteiger partial charge >= 0.3 is 0 Å². The van der Waals surface area contributed by atoms with Crippen molar-refractivity contribution in [3.05, 3.63) is 0 Å². The fourth-order valence-corrected chi connectivity index (χ4v) is 0. The molecule has 0 heteroatoms. The molecule has 0 heterocycles. The Hall–Kier alpha value is 0. The van der Waals surface area contributed by atoms with Crippen molar-refractivity contribution >= 4 is 0 Å². The van der Waals surface area contributed by atoms with Gasteiger partial charge < -0.3 is 0 Å². The summed E-state index contributed by atoms with van der Waals surface area (Å²) in [4.78, 5) is 0. The van der Waals surface area contributed by atoms with Crippen LogP contribution >= 0.6 is 0 Å². The van der Waals surface area contributed by atoms with E-state index in [0.29, 0.717) is 0 Å². The molecule has 0 spiro atoms. The van der Waals surface area contributed by atoms with Crippen LogP contribution in [-0.4, -0.2) is 0 Å². The largest absolute Gasteiger partial charge is 0.0776 e. The fourth-order valence-electron chi connectivity index (χ4n) is 0. The van der Waals surface area contributed by atoms with Crippen LogP contribution in [0.1, 0.15) is 71.4 Å². The number of hydrogen-bond donors (Lipinski definition) is 0. The first-order chi connectivity index (χ1) is 3.00. The monoisotopic (exact) mass is 150 g/mol. The minimum atomic E-state index is 0. The quantitative estimate of drug-likeness (QED) is 0.399. The lowest BCUT2D eigenvalue weighted by molar-refractivity contribution is 1.50. The van der Waals surface area contributed by atoms with E-state index < -0.39 is 0 Å². The average Bonchev–Trinajstić information content (AvgIpc) is 1.81. The van der Waals surface area contributed by atoms with Crippen LogP contribution in [-0.2, 0) is 0 Å². The smallest absolute Gasteiger partial charge is 0.0194 e. The summed E-state index contributed by atoms with van der Waals surface area (Å²) in [5.41, 5.74) is 0. The molecule has 0 aliphatic rings. The minimum absolute atomic E-state index is 0. The van der Waals surface area contributed by atoms with Crippen LogP contribution in [0, 0.1) is 0 Å². The molecule has 0 rings (SSSR count). The van der Waals surface area contributed by atoms with Crippen LogP contribution in [0.5, 0.6) is 0 Å². The summed E-state index contributed by atoms with van der Waals surface area (Å²) in [6, 6.07) is 0. The van der Waals surface area contributed by atoms with Crippen molar-refractivity contribution in [3.63, 3.8) is 0 Å². The van der Waals surface area contributed by atoms with Gasteiger partial charge in [-0.1, -0.05) is 65.8 Å². The van der Waals surface area contributed by atoms with Crippen LogP contribution in [0.2, 0.25) is 0 Å². The molecule has 0 aromatic heterocycles. The number of hydrogen-bond acceptors (Lipinski definition) is 0. The zero-order valence-corrected chi connectivity index (χ0v) is 4.00. The van der Waals surface area contributed by atoms with E-state index >= 15 is 0 Å². The summed E-state index contributed by atoms with van der Waals surface area (Å²) < 4.78 is 11.5. The zero-order valence-electron chi connectivity index (χ0n) is 6.00. The molecule has 0 atom stereocenters. The van der Waals surface area contributed by atoms with Crippen molar-refractivity contribution in [2.75, 3.05) is 0 Å². The van der Waals surface area contributed by atoms with Crippen LogP contribution in [0.3, 0.4) is 0 Å². The van der Waals surface area contributed by atoms with Gasteiger partial charge in [-0.3, -0.25) is 0 Å². The highest BCUT2D eigenvalue weighted by Crippen LogP contribution is 1.14. The fraction of sp³-hybridized carbons (Fsp3) is 1.00. The summed E-state index contributed by atoms with van der Waals surface area (Å²) in [7, 11) is 2.50. The molecule has 0 unspecified atom stereocenters. The summed E-state index contributed by atoms with van der Waals surface area (Å²) in [5.74, 6) is 0. The predicted octanol–water partition coefficient (Wildman–Crippen LogP) is 5.97. The Morgan fingerprint density at radius 3 is 0.667 bits per heavy atom. The first-order valence-corrected chi connectivity index (χ1v) is 1.00. The molecule has 0 aromatic rings. The second-order valence-electron chi connectivity index (χ2n) is 0. The molecule has 0 aromatic carbocycles. The van der Waals surface area contributed by atoms with Crippen LogP contribution in [0.25, 0.3) is 0 Å². The Balaban J connectivity index is -0.00000000102. The van der Waals surface area contributed by atoms with E-state index in [4.69, 9.17) is 2.74 Å². The molecule has 0 aliphatic carbocycles. The average molecular weight is 150 g/mol. The van der Waals surface area contributed by atoms with Gasteiger partial charge in [-0.25, -0.2) is 0 Å². The molecular formula is C9H38. The normalized spacial score (nSPS) is 2.22. The lowest BCUT2D eigenvalue weighted by atomic mass is 11.0. The standard InChI is InChI=1S/C2H6.7CH4.2H2/c1-2;;;;;;;;;/h1-2H3;7*1H4;2*1H/i;2*1D;;;;;;2*1+1. The summed E-state index contributed by atoms with van der Waals surface area (Å²) in [5, 5.41) is 0. The third-order valence-corrected chi connectivity index (χ3v) is 0. The van der Waals surface area contributed by atoms with Crippen molar-refractivity contribution in [2.24, 2.45) is 0 Å². The van der Waals surface area contributed by atoms with Gasteiger partial charge in [-0.15, -0.1) is 0 Å². The van der Waals surface area contributed by atoms with Gasteiger partial charge in [0.15, 0.2) is 0 Å². The first-order valence-electron chi connectivity index (χ1n) is 3.00. The van der Waals surface area contributed by atoms with Crippen LogP contribution in [0.15, 0.2) is 0 Å². The van der Waals surface area contributed by atoms with Crippen LogP contribution < -0.4 is 0 Å². The van der Waals surface area contributed by atoms with E-state index in [1.165, 1.54) is 14.8 Å². The summed E-state index contributed by atoms with van der Waals surface area (Å²) in [6.07, 6.45) is 0. The third kappa shape index (κ3) is 0. The molecule has 74 valence electrons. The maximum absolute atomic E-state index is 5.75. The van der Waals surface area contributed by atoms with E-state index in [0.717, 1.165) is 0 Å². The van der Waals surface area contributed by atoms with Gasteiger partial charge in [0, 0.05) is 5.59 Å². The molecule has 0 bridgehead atoms. The molecule has 0 aliphatic heterocycles. The van der Waals surface area contributed by atoms with E-state index in [1.54, 1.807) is 0 Å². The molecule has 0 saturated heterocycles. The summed E-state index contributed by atoms with van der Waals surface area (Å²) >= 11 is 0. The second kappa shape index (κ2) is 0. The first kappa shape index (κ1) is 64.0. The van der Waals surface area contributed by atoms with Gasteiger partial charge in [0.25, 0.3) is 0 Å². The number of rotatable bonds is 0. The van der Waals surface area contributed by atoms with Crippen molar-refractivity contribution in [1.29, 1.82) is 0 Å².